The highest BCUT2D eigenvalue weighted by Crippen LogP contribution is 2.25. The molecule has 3 rings (SSSR count). The van der Waals surface area contributed by atoms with Gasteiger partial charge in [0.15, 0.2) is 0 Å². The van der Waals surface area contributed by atoms with Crippen molar-refractivity contribution >= 4 is 23.1 Å². The zero-order valence-corrected chi connectivity index (χ0v) is 16.8. The van der Waals surface area contributed by atoms with Crippen molar-refractivity contribution in [2.24, 2.45) is 4.99 Å². The zero-order chi connectivity index (χ0) is 20.6. The summed E-state index contributed by atoms with van der Waals surface area (Å²) in [7, 11) is 0. The lowest BCUT2D eigenvalue weighted by Crippen LogP contribution is -1.90. The molecule has 29 heavy (non-hydrogen) atoms. The molecule has 4 heteroatoms. The summed E-state index contributed by atoms with van der Waals surface area (Å²) in [6.45, 7) is 2.10. The van der Waals surface area contributed by atoms with E-state index in [1.165, 1.54) is 12.1 Å². The standard InChI is InChI=1S/C25H19F2NS/c1-2-3-4-18-5-8-21(24(26)15-18)9-6-19-7-14-23(25(27)16-19)20-10-12-22(13-11-20)28-17-29/h5,7-8,10-16H,2-4H2,1H3. The Kier molecular flexibility index (Phi) is 7.03. The zero-order valence-electron chi connectivity index (χ0n) is 16.0. The van der Waals surface area contributed by atoms with Crippen LogP contribution in [0.15, 0.2) is 65.7 Å². The number of rotatable bonds is 5. The summed E-state index contributed by atoms with van der Waals surface area (Å²) in [6, 6.07) is 16.9. The summed E-state index contributed by atoms with van der Waals surface area (Å²) in [5.41, 5.74) is 3.60. The maximum absolute atomic E-state index is 14.6. The van der Waals surface area contributed by atoms with Gasteiger partial charge in [-0.05, 0) is 72.6 Å². The summed E-state index contributed by atoms with van der Waals surface area (Å²) in [6.07, 6.45) is 2.95. The van der Waals surface area contributed by atoms with E-state index in [0.717, 1.165) is 30.4 Å². The molecule has 0 spiro atoms. The monoisotopic (exact) mass is 403 g/mol. The summed E-state index contributed by atoms with van der Waals surface area (Å²) >= 11 is 4.57. The van der Waals surface area contributed by atoms with E-state index in [1.54, 1.807) is 42.5 Å². The Morgan fingerprint density at radius 3 is 2.34 bits per heavy atom. The van der Waals surface area contributed by atoms with Crippen LogP contribution in [-0.2, 0) is 6.42 Å². The second kappa shape index (κ2) is 9.89. The van der Waals surface area contributed by atoms with E-state index < -0.39 is 5.82 Å². The van der Waals surface area contributed by atoms with Crippen LogP contribution in [0.4, 0.5) is 14.5 Å². The van der Waals surface area contributed by atoms with Crippen molar-refractivity contribution in [3.63, 3.8) is 0 Å². The van der Waals surface area contributed by atoms with Gasteiger partial charge < -0.3 is 0 Å². The minimum absolute atomic E-state index is 0.310. The molecular formula is C25H19F2NS. The van der Waals surface area contributed by atoms with Gasteiger partial charge in [0.25, 0.3) is 0 Å². The second-order valence-electron chi connectivity index (χ2n) is 6.61. The number of aliphatic imine (C=N–C) groups is 1. The number of benzene rings is 3. The van der Waals surface area contributed by atoms with Crippen LogP contribution in [0.3, 0.4) is 0 Å². The Morgan fingerprint density at radius 1 is 0.897 bits per heavy atom. The molecule has 0 N–H and O–H groups in total. The first kappa shape index (κ1) is 20.6. The Balaban J connectivity index is 1.80. The number of halogens is 2. The topological polar surface area (TPSA) is 12.4 Å². The van der Waals surface area contributed by atoms with Crippen molar-refractivity contribution in [3.8, 4) is 23.0 Å². The average Bonchev–Trinajstić information content (AvgIpc) is 2.72. The van der Waals surface area contributed by atoms with Crippen LogP contribution in [0.5, 0.6) is 0 Å². The molecule has 3 aromatic rings. The molecular weight excluding hydrogens is 384 g/mol. The number of hydrogen-bond acceptors (Lipinski definition) is 2. The van der Waals surface area contributed by atoms with Gasteiger partial charge in [0, 0.05) is 11.1 Å². The Morgan fingerprint density at radius 2 is 1.69 bits per heavy atom. The van der Waals surface area contributed by atoms with Crippen LogP contribution in [0, 0.1) is 23.5 Å². The molecule has 0 aliphatic heterocycles. The van der Waals surface area contributed by atoms with E-state index in [4.69, 9.17) is 0 Å². The van der Waals surface area contributed by atoms with Gasteiger partial charge in [-0.3, -0.25) is 0 Å². The number of nitrogens with zero attached hydrogens (tertiary/aromatic N) is 1. The van der Waals surface area contributed by atoms with E-state index in [9.17, 15) is 8.78 Å². The average molecular weight is 403 g/mol. The highest BCUT2D eigenvalue weighted by molar-refractivity contribution is 7.78. The fourth-order valence-corrected chi connectivity index (χ4v) is 3.04. The van der Waals surface area contributed by atoms with E-state index in [2.05, 4.69) is 41.1 Å². The summed E-state index contributed by atoms with van der Waals surface area (Å²) in [5.74, 6) is 4.91. The Labute approximate surface area is 175 Å². The minimum atomic E-state index is -0.390. The largest absolute Gasteiger partial charge is 0.206 e. The highest BCUT2D eigenvalue weighted by Gasteiger charge is 2.06. The molecule has 0 aliphatic rings. The van der Waals surface area contributed by atoms with Crippen molar-refractivity contribution in [1.29, 1.82) is 0 Å². The van der Waals surface area contributed by atoms with Gasteiger partial charge in [0.05, 0.1) is 16.4 Å². The van der Waals surface area contributed by atoms with E-state index in [-0.39, 0.29) is 5.82 Å². The third-order valence-corrected chi connectivity index (χ3v) is 4.61. The van der Waals surface area contributed by atoms with Crippen molar-refractivity contribution in [2.75, 3.05) is 0 Å². The van der Waals surface area contributed by atoms with Gasteiger partial charge >= 0.3 is 0 Å². The Hall–Kier alpha value is -3.12. The lowest BCUT2D eigenvalue weighted by atomic mass is 10.0. The van der Waals surface area contributed by atoms with Crippen LogP contribution in [0.2, 0.25) is 0 Å². The smallest absolute Gasteiger partial charge is 0.139 e. The highest BCUT2D eigenvalue weighted by atomic mass is 32.1. The molecule has 0 unspecified atom stereocenters. The van der Waals surface area contributed by atoms with E-state index >= 15 is 0 Å². The summed E-state index contributed by atoms with van der Waals surface area (Å²) in [5, 5.41) is 2.30. The van der Waals surface area contributed by atoms with Crippen LogP contribution in [-0.4, -0.2) is 5.16 Å². The number of isothiocyanates is 1. The van der Waals surface area contributed by atoms with Gasteiger partial charge in [0.2, 0.25) is 0 Å². The molecule has 1 nitrogen and oxygen atoms in total. The van der Waals surface area contributed by atoms with Crippen LogP contribution in [0.25, 0.3) is 11.1 Å². The summed E-state index contributed by atoms with van der Waals surface area (Å²) < 4.78 is 28.8. The Bertz CT molecular complexity index is 1120. The molecule has 0 amide bonds. The van der Waals surface area contributed by atoms with E-state index in [0.29, 0.717) is 22.4 Å². The normalized spacial score (nSPS) is 10.0. The maximum atomic E-state index is 14.6. The third-order valence-electron chi connectivity index (χ3n) is 4.52. The second-order valence-corrected chi connectivity index (χ2v) is 6.79. The van der Waals surface area contributed by atoms with Crippen molar-refractivity contribution < 1.29 is 8.78 Å². The van der Waals surface area contributed by atoms with E-state index in [1.807, 2.05) is 6.07 Å². The molecule has 0 saturated carbocycles. The molecule has 0 atom stereocenters. The number of hydrogen-bond donors (Lipinski definition) is 0. The SMILES string of the molecule is CCCCc1ccc(C#Cc2ccc(-c3ccc(N=C=S)cc3)c(F)c2)c(F)c1. The third kappa shape index (κ3) is 5.45. The fraction of sp³-hybridized carbons (Fsp3) is 0.160. The molecule has 0 aromatic heterocycles. The number of unbranched alkanes of at least 4 members (excludes halogenated alkanes) is 1. The number of thiocarbonyl (C=S) groups is 1. The molecule has 0 bridgehead atoms. The van der Waals surface area contributed by atoms with Crippen LogP contribution in [0.1, 0.15) is 36.5 Å². The lowest BCUT2D eigenvalue weighted by molar-refractivity contribution is 0.620. The first-order chi connectivity index (χ1) is 14.1. The van der Waals surface area contributed by atoms with Gasteiger partial charge in [-0.2, -0.15) is 4.99 Å². The molecule has 3 aromatic carbocycles. The van der Waals surface area contributed by atoms with Crippen molar-refractivity contribution in [1.82, 2.24) is 0 Å². The summed E-state index contributed by atoms with van der Waals surface area (Å²) in [4.78, 5) is 3.88. The predicted molar refractivity (Wildman–Crippen MR) is 118 cm³/mol. The predicted octanol–water partition coefficient (Wildman–Crippen LogP) is 7.11. The van der Waals surface area contributed by atoms with Gasteiger partial charge in [-0.1, -0.05) is 49.5 Å². The lowest BCUT2D eigenvalue weighted by Gasteiger charge is -2.04. The van der Waals surface area contributed by atoms with Crippen molar-refractivity contribution in [3.05, 3.63) is 89.0 Å². The number of aryl methyl sites for hydroxylation is 1. The van der Waals surface area contributed by atoms with Gasteiger partial charge in [-0.15, -0.1) is 0 Å². The quantitative estimate of drug-likeness (QED) is 0.251. The fourth-order valence-electron chi connectivity index (χ4n) is 2.93. The van der Waals surface area contributed by atoms with Crippen molar-refractivity contribution in [2.45, 2.75) is 26.2 Å². The molecule has 0 fully saturated rings. The first-order valence-corrected chi connectivity index (χ1v) is 9.80. The maximum Gasteiger partial charge on any atom is 0.139 e. The molecule has 0 radical (unpaired) electrons. The minimum Gasteiger partial charge on any atom is -0.206 e. The molecule has 0 saturated heterocycles. The molecule has 0 aliphatic carbocycles. The van der Waals surface area contributed by atoms with Crippen LogP contribution < -0.4 is 0 Å². The van der Waals surface area contributed by atoms with Crippen LogP contribution >= 0.6 is 12.2 Å². The first-order valence-electron chi connectivity index (χ1n) is 9.39. The van der Waals surface area contributed by atoms with Gasteiger partial charge in [-0.25, -0.2) is 8.78 Å². The van der Waals surface area contributed by atoms with Gasteiger partial charge in [0.1, 0.15) is 11.6 Å². The molecule has 0 heterocycles. The molecule has 144 valence electrons.